The van der Waals surface area contributed by atoms with Crippen LogP contribution in [-0.4, -0.2) is 16.2 Å². The van der Waals surface area contributed by atoms with Crippen LogP contribution in [0.15, 0.2) is 102 Å². The Morgan fingerprint density at radius 3 is 2.47 bits per heavy atom. The zero-order chi connectivity index (χ0) is 20.2. The number of aromatic nitrogens is 2. The van der Waals surface area contributed by atoms with Gasteiger partial charge in [-0.25, -0.2) is 4.98 Å². The van der Waals surface area contributed by atoms with E-state index in [1.165, 1.54) is 10.9 Å². The molecular weight excluding hydrogens is 388 g/mol. The maximum atomic E-state index is 6.20. The van der Waals surface area contributed by atoms with Crippen molar-refractivity contribution in [1.29, 1.82) is 0 Å². The lowest BCUT2D eigenvalue weighted by molar-refractivity contribution is 0.299. The average Bonchev–Trinajstić information content (AvgIpc) is 3.16. The van der Waals surface area contributed by atoms with Gasteiger partial charge in [-0.3, -0.25) is 0 Å². The summed E-state index contributed by atoms with van der Waals surface area (Å²) >= 11 is 1.77. The van der Waals surface area contributed by atoms with Gasteiger partial charge >= 0.3 is 0 Å². The van der Waals surface area contributed by atoms with E-state index in [-0.39, 0.29) is 0 Å². The molecule has 0 aliphatic heterocycles. The van der Waals surface area contributed by atoms with Gasteiger partial charge in [-0.1, -0.05) is 90.6 Å². The molecule has 0 aliphatic rings. The second kappa shape index (κ2) is 8.64. The number of fused-ring (bicyclic) bond motifs is 2. The third-order valence-corrected chi connectivity index (χ3v) is 6.20. The molecule has 1 aromatic heterocycles. The molecule has 0 unspecified atom stereocenters. The van der Waals surface area contributed by atoms with Gasteiger partial charge in [-0.15, -0.1) is 0 Å². The first-order valence-corrected chi connectivity index (χ1v) is 11.1. The Labute approximate surface area is 180 Å². The van der Waals surface area contributed by atoms with Gasteiger partial charge in [-0.2, -0.15) is 0 Å². The molecule has 148 valence electrons. The number of ether oxygens (including phenoxy) is 1. The first-order valence-electron chi connectivity index (χ1n) is 10.1. The van der Waals surface area contributed by atoms with Gasteiger partial charge in [0, 0.05) is 11.1 Å². The van der Waals surface area contributed by atoms with Crippen molar-refractivity contribution in [2.45, 2.75) is 17.5 Å². The number of rotatable bonds is 7. The topological polar surface area (TPSA) is 27.1 Å². The van der Waals surface area contributed by atoms with Gasteiger partial charge in [-0.05, 0) is 29.1 Å². The first kappa shape index (κ1) is 18.8. The highest BCUT2D eigenvalue weighted by molar-refractivity contribution is 7.98. The molecule has 0 fully saturated rings. The zero-order valence-electron chi connectivity index (χ0n) is 16.6. The summed E-state index contributed by atoms with van der Waals surface area (Å²) in [6.45, 7) is 1.34. The number of para-hydroxylation sites is 2. The minimum Gasteiger partial charge on any atom is -0.491 e. The van der Waals surface area contributed by atoms with E-state index in [1.807, 2.05) is 24.3 Å². The van der Waals surface area contributed by atoms with Crippen LogP contribution in [0, 0.1) is 0 Å². The molecule has 0 bridgehead atoms. The third kappa shape index (κ3) is 3.91. The van der Waals surface area contributed by atoms with Crippen LogP contribution in [0.5, 0.6) is 5.75 Å². The Bertz CT molecular complexity index is 1270. The number of nitrogens with zero attached hydrogens (tertiary/aromatic N) is 2. The second-order valence-corrected chi connectivity index (χ2v) is 8.08. The van der Waals surface area contributed by atoms with E-state index in [0.29, 0.717) is 6.61 Å². The number of hydrogen-bond donors (Lipinski definition) is 0. The molecule has 30 heavy (non-hydrogen) atoms. The number of benzene rings is 4. The summed E-state index contributed by atoms with van der Waals surface area (Å²) in [6.07, 6.45) is 0. The highest BCUT2D eigenvalue weighted by atomic mass is 32.2. The predicted molar refractivity (Wildman–Crippen MR) is 125 cm³/mol. The average molecular weight is 411 g/mol. The fraction of sp³-hybridized carbons (Fsp3) is 0.115. The minimum absolute atomic E-state index is 0.591. The van der Waals surface area contributed by atoms with E-state index < -0.39 is 0 Å². The van der Waals surface area contributed by atoms with Crippen LogP contribution < -0.4 is 4.74 Å². The van der Waals surface area contributed by atoms with Crippen molar-refractivity contribution in [1.82, 2.24) is 9.55 Å². The van der Waals surface area contributed by atoms with E-state index in [2.05, 4.69) is 77.4 Å². The van der Waals surface area contributed by atoms with Crippen LogP contribution in [-0.2, 0) is 12.3 Å². The molecule has 0 saturated heterocycles. The van der Waals surface area contributed by atoms with Crippen LogP contribution in [0.2, 0.25) is 0 Å². The van der Waals surface area contributed by atoms with Gasteiger partial charge in [0.2, 0.25) is 0 Å². The molecule has 0 amide bonds. The van der Waals surface area contributed by atoms with Gasteiger partial charge in [0.25, 0.3) is 0 Å². The van der Waals surface area contributed by atoms with E-state index in [9.17, 15) is 0 Å². The quantitative estimate of drug-likeness (QED) is 0.284. The van der Waals surface area contributed by atoms with E-state index in [4.69, 9.17) is 9.72 Å². The van der Waals surface area contributed by atoms with E-state index in [0.717, 1.165) is 39.6 Å². The third-order valence-electron chi connectivity index (χ3n) is 5.15. The van der Waals surface area contributed by atoms with Crippen LogP contribution >= 0.6 is 11.8 Å². The first-order chi connectivity index (χ1) is 14.9. The SMILES string of the molecule is c1ccc(CSc2nc3ccccc3n2CCOc2cccc3ccccc23)cc1. The van der Waals surface area contributed by atoms with Gasteiger partial charge in [0.05, 0.1) is 17.6 Å². The smallest absolute Gasteiger partial charge is 0.169 e. The van der Waals surface area contributed by atoms with E-state index in [1.54, 1.807) is 11.8 Å². The van der Waals surface area contributed by atoms with Crippen molar-refractivity contribution in [3.8, 4) is 5.75 Å². The lowest BCUT2D eigenvalue weighted by atomic mass is 10.1. The Balaban J connectivity index is 1.36. The molecule has 4 heteroatoms. The number of hydrogen-bond acceptors (Lipinski definition) is 3. The molecule has 0 radical (unpaired) electrons. The summed E-state index contributed by atoms with van der Waals surface area (Å²) < 4.78 is 8.47. The Kier molecular flexibility index (Phi) is 5.40. The normalized spacial score (nSPS) is 11.2. The summed E-state index contributed by atoms with van der Waals surface area (Å²) in [5.41, 5.74) is 3.47. The van der Waals surface area contributed by atoms with Crippen molar-refractivity contribution in [2.75, 3.05) is 6.61 Å². The van der Waals surface area contributed by atoms with Gasteiger partial charge in [0.15, 0.2) is 5.16 Å². The summed E-state index contributed by atoms with van der Waals surface area (Å²) in [7, 11) is 0. The molecular formula is C26H22N2OS. The Hall–Kier alpha value is -3.24. The summed E-state index contributed by atoms with van der Waals surface area (Å²) in [5.74, 6) is 1.82. The summed E-state index contributed by atoms with van der Waals surface area (Å²) in [6, 6.07) is 33.4. The molecule has 0 N–H and O–H groups in total. The molecule has 0 aliphatic carbocycles. The molecule has 3 nitrogen and oxygen atoms in total. The van der Waals surface area contributed by atoms with Crippen molar-refractivity contribution in [2.24, 2.45) is 0 Å². The Morgan fingerprint density at radius 1 is 0.767 bits per heavy atom. The fourth-order valence-corrected chi connectivity index (χ4v) is 4.67. The predicted octanol–water partition coefficient (Wildman–Crippen LogP) is 6.56. The minimum atomic E-state index is 0.591. The molecule has 0 spiro atoms. The molecule has 5 rings (SSSR count). The van der Waals surface area contributed by atoms with Crippen molar-refractivity contribution in [3.05, 3.63) is 103 Å². The molecule has 4 aromatic carbocycles. The standard InChI is InChI=1S/C26H22N2OS/c1-2-9-20(10-3-1)19-30-26-27-23-14-6-7-15-24(23)28(26)17-18-29-25-16-8-12-21-11-4-5-13-22(21)25/h1-16H,17-19H2. The number of imidazole rings is 1. The van der Waals surface area contributed by atoms with Crippen LogP contribution in [0.25, 0.3) is 21.8 Å². The van der Waals surface area contributed by atoms with Gasteiger partial charge < -0.3 is 9.30 Å². The van der Waals surface area contributed by atoms with E-state index >= 15 is 0 Å². The number of thioether (sulfide) groups is 1. The lowest BCUT2D eigenvalue weighted by Gasteiger charge is -2.12. The molecule has 0 saturated carbocycles. The lowest BCUT2D eigenvalue weighted by Crippen LogP contribution is -2.09. The largest absolute Gasteiger partial charge is 0.491 e. The van der Waals surface area contributed by atoms with Crippen LogP contribution in [0.1, 0.15) is 5.56 Å². The molecule has 1 heterocycles. The Morgan fingerprint density at radius 2 is 1.53 bits per heavy atom. The second-order valence-electron chi connectivity index (χ2n) is 7.13. The van der Waals surface area contributed by atoms with Crippen LogP contribution in [0.3, 0.4) is 0 Å². The maximum Gasteiger partial charge on any atom is 0.169 e. The van der Waals surface area contributed by atoms with Crippen molar-refractivity contribution >= 4 is 33.6 Å². The fourth-order valence-electron chi connectivity index (χ4n) is 3.67. The highest BCUT2D eigenvalue weighted by Crippen LogP contribution is 2.28. The monoisotopic (exact) mass is 410 g/mol. The summed E-state index contributed by atoms with van der Waals surface area (Å²) in [5, 5.41) is 3.37. The molecule has 5 aromatic rings. The maximum absolute atomic E-state index is 6.20. The molecule has 0 atom stereocenters. The zero-order valence-corrected chi connectivity index (χ0v) is 17.4. The van der Waals surface area contributed by atoms with Gasteiger partial charge in [0.1, 0.15) is 12.4 Å². The van der Waals surface area contributed by atoms with Crippen molar-refractivity contribution in [3.63, 3.8) is 0 Å². The van der Waals surface area contributed by atoms with Crippen LogP contribution in [0.4, 0.5) is 0 Å². The summed E-state index contributed by atoms with van der Waals surface area (Å²) in [4.78, 5) is 4.87. The van der Waals surface area contributed by atoms with Crippen molar-refractivity contribution < 1.29 is 4.74 Å². The highest BCUT2D eigenvalue weighted by Gasteiger charge is 2.12.